The first-order chi connectivity index (χ1) is 38.7. The van der Waals surface area contributed by atoms with E-state index in [1.165, 1.54) is 208 Å². The number of rotatable bonds is 37. The average Bonchev–Trinajstić information content (AvgIpc) is 3.92. The van der Waals surface area contributed by atoms with Crippen molar-refractivity contribution >= 4 is 105 Å². The summed E-state index contributed by atoms with van der Waals surface area (Å²) in [5, 5.41) is 13.1. The molecule has 0 bridgehead atoms. The summed E-state index contributed by atoms with van der Waals surface area (Å²) in [7, 11) is -7.58. The summed E-state index contributed by atoms with van der Waals surface area (Å²) in [5.41, 5.74) is 3.30. The van der Waals surface area contributed by atoms with Crippen molar-refractivity contribution in [2.75, 3.05) is 4.44 Å². The summed E-state index contributed by atoms with van der Waals surface area (Å²) in [6.07, 6.45) is 23.6. The summed E-state index contributed by atoms with van der Waals surface area (Å²) in [4.78, 5) is 0. The standard InChI is InChI=1S/C72H105NOP2Si3/c1-10-19-52-77(53-20-11-2,54-21-12-3)65-46-40-62(41-47-65)75(63-42-48-66(49-43-63)78(55-22-13-4,56-23-14-5)57-24-15-6)73(61-34-29-28-30-35-61)76(71-39-33-37-69-68-36-31-32-38-70(68)74-72(69)71)64-44-50-67(51-45-64)79(58-25-16-7,59-26-17-8)60-27-18-9/h28-51H,10-27,52-60H2,1-9H3. The van der Waals surface area contributed by atoms with Crippen LogP contribution in [0.4, 0.5) is 5.69 Å². The van der Waals surface area contributed by atoms with Gasteiger partial charge < -0.3 is 8.86 Å². The van der Waals surface area contributed by atoms with E-state index < -0.39 is 40.4 Å². The molecule has 0 aliphatic heterocycles. The second-order valence-electron chi connectivity index (χ2n) is 23.9. The number of furan rings is 1. The van der Waals surface area contributed by atoms with Crippen LogP contribution in [0, 0.1) is 0 Å². The maximum absolute atomic E-state index is 7.19. The molecule has 0 aliphatic rings. The molecule has 6 aromatic carbocycles. The molecule has 0 saturated heterocycles. The molecular weight excluding hydrogens is 1040 g/mol. The van der Waals surface area contributed by atoms with Crippen molar-refractivity contribution in [1.82, 2.24) is 0 Å². The highest BCUT2D eigenvalue weighted by atomic mass is 31.2. The Kier molecular flexibility index (Phi) is 25.8. The van der Waals surface area contributed by atoms with Gasteiger partial charge in [0, 0.05) is 37.7 Å². The van der Waals surface area contributed by atoms with Crippen LogP contribution in [0.15, 0.2) is 150 Å². The summed E-state index contributed by atoms with van der Waals surface area (Å²) in [5.74, 6) is 0. The Morgan fingerprint density at radius 3 is 0.987 bits per heavy atom. The first-order valence-corrected chi connectivity index (χ1v) is 42.9. The third kappa shape index (κ3) is 15.6. The number of para-hydroxylation sites is 3. The van der Waals surface area contributed by atoms with Crippen LogP contribution in [0.3, 0.4) is 0 Å². The van der Waals surface area contributed by atoms with Gasteiger partial charge in [0.05, 0.1) is 40.4 Å². The number of nitrogens with zero attached hydrogens (tertiary/aromatic N) is 1. The Morgan fingerprint density at radius 1 is 0.316 bits per heavy atom. The molecule has 1 heterocycles. The largest absolute Gasteiger partial charge is 0.455 e. The number of hydrogen-bond acceptors (Lipinski definition) is 2. The fraction of sp³-hybridized carbons (Fsp3) is 0.500. The fourth-order valence-electron chi connectivity index (χ4n) is 13.4. The van der Waals surface area contributed by atoms with Gasteiger partial charge in [0.2, 0.25) is 0 Å². The van der Waals surface area contributed by atoms with Crippen molar-refractivity contribution < 1.29 is 4.42 Å². The summed E-state index contributed by atoms with van der Waals surface area (Å²) in [6, 6.07) is 72.0. The molecule has 2 nitrogen and oxygen atoms in total. The van der Waals surface area contributed by atoms with Crippen molar-refractivity contribution in [3.63, 3.8) is 0 Å². The predicted octanol–water partition coefficient (Wildman–Crippen LogP) is 20.7. The lowest BCUT2D eigenvalue weighted by molar-refractivity contribution is 0.671. The number of fused-ring (bicyclic) bond motifs is 3. The second kappa shape index (κ2) is 32.3. The molecule has 426 valence electrons. The van der Waals surface area contributed by atoms with E-state index in [0.717, 1.165) is 11.2 Å². The van der Waals surface area contributed by atoms with Crippen LogP contribution in [0.2, 0.25) is 54.4 Å². The van der Waals surface area contributed by atoms with E-state index in [1.807, 2.05) is 0 Å². The molecular formula is C72H105NOP2Si3. The summed E-state index contributed by atoms with van der Waals surface area (Å²) < 4.78 is 10.2. The van der Waals surface area contributed by atoms with Gasteiger partial charge >= 0.3 is 0 Å². The minimum absolute atomic E-state index is 0.970. The lowest BCUT2D eigenvalue weighted by Gasteiger charge is -2.41. The zero-order chi connectivity index (χ0) is 55.9. The zero-order valence-electron chi connectivity index (χ0n) is 51.2. The smallest absolute Gasteiger partial charge is 0.145 e. The maximum Gasteiger partial charge on any atom is 0.145 e. The van der Waals surface area contributed by atoms with Gasteiger partial charge in [0.1, 0.15) is 11.2 Å². The molecule has 1 atom stereocenters. The summed E-state index contributed by atoms with van der Waals surface area (Å²) >= 11 is 0. The molecule has 0 saturated carbocycles. The second-order valence-corrected chi connectivity index (χ2v) is 42.2. The minimum Gasteiger partial charge on any atom is -0.455 e. The van der Waals surface area contributed by atoms with Gasteiger partial charge in [-0.1, -0.05) is 369 Å². The topological polar surface area (TPSA) is 16.4 Å². The molecule has 7 rings (SSSR count). The van der Waals surface area contributed by atoms with E-state index >= 15 is 0 Å². The molecule has 0 aliphatic carbocycles. The number of hydrogen-bond donors (Lipinski definition) is 0. The fourth-order valence-corrected chi connectivity index (χ4v) is 36.2. The van der Waals surface area contributed by atoms with Crippen LogP contribution >= 0.6 is 16.1 Å². The molecule has 1 unspecified atom stereocenters. The highest BCUT2D eigenvalue weighted by molar-refractivity contribution is 7.91. The van der Waals surface area contributed by atoms with E-state index in [9.17, 15) is 0 Å². The Balaban J connectivity index is 1.54. The normalized spacial score (nSPS) is 12.8. The van der Waals surface area contributed by atoms with Crippen molar-refractivity contribution in [2.24, 2.45) is 0 Å². The van der Waals surface area contributed by atoms with Gasteiger partial charge in [-0.2, -0.15) is 0 Å². The predicted molar refractivity (Wildman–Crippen MR) is 368 cm³/mol. The highest BCUT2D eigenvalue weighted by Gasteiger charge is 2.39. The van der Waals surface area contributed by atoms with Gasteiger partial charge in [-0.3, -0.25) is 0 Å². The van der Waals surface area contributed by atoms with E-state index in [-0.39, 0.29) is 0 Å². The third-order valence-corrected chi connectivity index (χ3v) is 40.2. The first kappa shape index (κ1) is 63.0. The number of unbranched alkanes of at least 4 members (excludes halogenated alkanes) is 9. The summed E-state index contributed by atoms with van der Waals surface area (Å²) in [6.45, 7) is 21.6. The quantitative estimate of drug-likeness (QED) is 0.0285. The van der Waals surface area contributed by atoms with E-state index in [4.69, 9.17) is 4.42 Å². The number of anilines is 1. The van der Waals surface area contributed by atoms with Gasteiger partial charge in [-0.15, -0.1) is 0 Å². The Morgan fingerprint density at radius 2 is 0.633 bits per heavy atom. The van der Waals surface area contributed by atoms with Crippen LogP contribution in [0.25, 0.3) is 21.9 Å². The SMILES string of the molecule is CCCC[Si](CCCC)(CCCC)c1ccc(P(c2ccc([Si](CCCC)(CCCC)CCCC)cc2)N(c2ccccc2)P(c2ccc([Si](CCCC)(CCCC)CCCC)cc2)c2cccc3c2oc2ccccc23)cc1. The van der Waals surface area contributed by atoms with Crippen molar-refractivity contribution in [3.8, 4) is 0 Å². The third-order valence-electron chi connectivity index (χ3n) is 18.2. The lowest BCUT2D eigenvalue weighted by atomic mass is 10.1. The van der Waals surface area contributed by atoms with E-state index in [0.29, 0.717) is 0 Å². The Bertz CT molecular complexity index is 2670. The highest BCUT2D eigenvalue weighted by Crippen LogP contribution is 2.58. The molecule has 7 heteroatoms. The van der Waals surface area contributed by atoms with Gasteiger partial charge in [0.25, 0.3) is 0 Å². The van der Waals surface area contributed by atoms with Gasteiger partial charge in [-0.25, -0.2) is 0 Å². The van der Waals surface area contributed by atoms with E-state index in [2.05, 4.69) is 212 Å². The Hall–Kier alpha value is -3.57. The minimum atomic E-state index is -1.76. The van der Waals surface area contributed by atoms with Crippen LogP contribution in [0.1, 0.15) is 178 Å². The first-order valence-electron chi connectivity index (χ1n) is 32.4. The van der Waals surface area contributed by atoms with Gasteiger partial charge in [0.15, 0.2) is 0 Å². The average molecular weight is 1150 g/mol. The van der Waals surface area contributed by atoms with Gasteiger partial charge in [-0.05, 0) is 24.3 Å². The lowest BCUT2D eigenvalue weighted by Crippen LogP contribution is -2.48. The van der Waals surface area contributed by atoms with E-state index in [1.54, 1.807) is 15.6 Å². The van der Waals surface area contributed by atoms with Crippen molar-refractivity contribution in [1.29, 1.82) is 0 Å². The van der Waals surface area contributed by atoms with Crippen LogP contribution in [-0.2, 0) is 0 Å². The molecule has 1 aromatic heterocycles. The van der Waals surface area contributed by atoms with Crippen LogP contribution < -0.4 is 41.2 Å². The number of benzene rings is 6. The van der Waals surface area contributed by atoms with Crippen LogP contribution in [0.5, 0.6) is 0 Å². The zero-order valence-corrected chi connectivity index (χ0v) is 56.0. The van der Waals surface area contributed by atoms with Crippen LogP contribution in [-0.4, -0.2) is 24.2 Å². The van der Waals surface area contributed by atoms with Crippen molar-refractivity contribution in [3.05, 3.63) is 146 Å². The molecule has 79 heavy (non-hydrogen) atoms. The molecule has 0 amide bonds. The van der Waals surface area contributed by atoms with Crippen molar-refractivity contribution in [2.45, 2.75) is 232 Å². The molecule has 0 radical (unpaired) electrons. The molecule has 0 spiro atoms. The molecule has 0 fully saturated rings. The Labute approximate surface area is 488 Å². The monoisotopic (exact) mass is 1150 g/mol. The molecule has 7 aromatic rings. The maximum atomic E-state index is 7.19. The molecule has 0 N–H and O–H groups in total.